The largest absolute Gasteiger partial charge is 0.457 e. The number of fused-ring (bicyclic) bond motifs is 1. The molecule has 0 aliphatic carbocycles. The van der Waals surface area contributed by atoms with E-state index in [1.165, 1.54) is 11.3 Å². The van der Waals surface area contributed by atoms with E-state index >= 15 is 0 Å². The van der Waals surface area contributed by atoms with Gasteiger partial charge in [-0.2, -0.15) is 0 Å². The molecule has 1 heterocycles. The smallest absolute Gasteiger partial charge is 0.260 e. The Labute approximate surface area is 157 Å². The van der Waals surface area contributed by atoms with Crippen LogP contribution in [-0.2, 0) is 0 Å². The highest BCUT2D eigenvalue weighted by molar-refractivity contribution is 7.22. The minimum Gasteiger partial charge on any atom is -0.457 e. The van der Waals surface area contributed by atoms with Crippen molar-refractivity contribution in [3.05, 3.63) is 83.9 Å². The highest BCUT2D eigenvalue weighted by Gasteiger charge is 2.15. The Morgan fingerprint density at radius 1 is 0.963 bits per heavy atom. The van der Waals surface area contributed by atoms with Gasteiger partial charge in [0.2, 0.25) is 0 Å². The summed E-state index contributed by atoms with van der Waals surface area (Å²) in [7, 11) is 0. The van der Waals surface area contributed by atoms with Gasteiger partial charge in [0.05, 0.1) is 15.8 Å². The molecule has 0 aliphatic rings. The van der Waals surface area contributed by atoms with Crippen LogP contribution in [0.3, 0.4) is 0 Å². The topological polar surface area (TPSA) is 51.2 Å². The van der Waals surface area contributed by atoms with Crippen molar-refractivity contribution in [2.45, 2.75) is 0 Å². The summed E-state index contributed by atoms with van der Waals surface area (Å²) in [6, 6.07) is 17.5. The summed E-state index contributed by atoms with van der Waals surface area (Å²) in [6.45, 7) is 0. The molecule has 4 aromatic rings. The highest BCUT2D eigenvalue weighted by atomic mass is 32.1. The minimum absolute atomic E-state index is 0.247. The number of benzene rings is 3. The van der Waals surface area contributed by atoms with Gasteiger partial charge in [0.15, 0.2) is 5.13 Å². The Balaban J connectivity index is 1.55. The molecule has 0 unspecified atom stereocenters. The Kier molecular flexibility index (Phi) is 4.52. The minimum atomic E-state index is -0.924. The van der Waals surface area contributed by atoms with Gasteiger partial charge >= 0.3 is 0 Å². The number of rotatable bonds is 4. The summed E-state index contributed by atoms with van der Waals surface area (Å²) in [5.41, 5.74) is 0.430. The first-order valence-electron chi connectivity index (χ1n) is 7.98. The maximum atomic E-state index is 13.7. The fourth-order valence-corrected chi connectivity index (χ4v) is 3.37. The normalized spacial score (nSPS) is 10.7. The van der Waals surface area contributed by atoms with Gasteiger partial charge < -0.3 is 4.74 Å². The van der Waals surface area contributed by atoms with E-state index in [1.54, 1.807) is 12.1 Å². The summed E-state index contributed by atoms with van der Waals surface area (Å²) in [5, 5.41) is 2.86. The molecule has 3 aromatic carbocycles. The molecule has 0 saturated carbocycles. The van der Waals surface area contributed by atoms with E-state index in [1.807, 2.05) is 36.4 Å². The van der Waals surface area contributed by atoms with Gasteiger partial charge in [-0.15, -0.1) is 0 Å². The average molecular weight is 382 g/mol. The summed E-state index contributed by atoms with van der Waals surface area (Å²) in [6.07, 6.45) is 0. The van der Waals surface area contributed by atoms with Gasteiger partial charge in [0.25, 0.3) is 5.91 Å². The van der Waals surface area contributed by atoms with Crippen molar-refractivity contribution in [1.82, 2.24) is 4.98 Å². The Hall–Kier alpha value is -3.32. The zero-order valence-electron chi connectivity index (χ0n) is 13.8. The van der Waals surface area contributed by atoms with Crippen LogP contribution in [0.4, 0.5) is 13.9 Å². The SMILES string of the molecule is O=C(Nc1nc2ccc(Oc3ccccc3)cc2s1)c1ccc(F)cc1F. The highest BCUT2D eigenvalue weighted by Crippen LogP contribution is 2.31. The van der Waals surface area contributed by atoms with Gasteiger partial charge in [-0.1, -0.05) is 29.5 Å². The number of thiazole rings is 1. The van der Waals surface area contributed by atoms with Crippen LogP contribution in [0.25, 0.3) is 10.2 Å². The quantitative estimate of drug-likeness (QED) is 0.498. The number of carbonyl (C=O) groups is 1. The van der Waals surface area contributed by atoms with E-state index in [-0.39, 0.29) is 5.56 Å². The molecule has 1 amide bonds. The maximum absolute atomic E-state index is 13.7. The lowest BCUT2D eigenvalue weighted by Crippen LogP contribution is -2.13. The van der Waals surface area contributed by atoms with Crippen LogP contribution in [0.15, 0.2) is 66.7 Å². The number of ether oxygens (including phenoxy) is 1. The molecule has 0 aliphatic heterocycles. The third kappa shape index (κ3) is 3.78. The van der Waals surface area contributed by atoms with E-state index in [0.29, 0.717) is 28.2 Å². The second-order valence-corrected chi connectivity index (χ2v) is 6.67. The molecule has 134 valence electrons. The van der Waals surface area contributed by atoms with Crippen molar-refractivity contribution in [3.63, 3.8) is 0 Å². The van der Waals surface area contributed by atoms with Crippen LogP contribution in [0.1, 0.15) is 10.4 Å². The third-order valence-electron chi connectivity index (χ3n) is 3.74. The lowest BCUT2D eigenvalue weighted by molar-refractivity contribution is 0.102. The number of carbonyl (C=O) groups excluding carboxylic acids is 1. The van der Waals surface area contributed by atoms with Crippen molar-refractivity contribution in [2.75, 3.05) is 5.32 Å². The van der Waals surface area contributed by atoms with Gasteiger partial charge in [0, 0.05) is 12.1 Å². The second-order valence-electron chi connectivity index (χ2n) is 5.64. The molecule has 27 heavy (non-hydrogen) atoms. The number of hydrogen-bond acceptors (Lipinski definition) is 4. The first-order valence-corrected chi connectivity index (χ1v) is 8.80. The predicted molar refractivity (Wildman–Crippen MR) is 100 cm³/mol. The van der Waals surface area contributed by atoms with E-state index < -0.39 is 17.5 Å². The first kappa shape index (κ1) is 17.1. The molecule has 1 N–H and O–H groups in total. The van der Waals surface area contributed by atoms with Gasteiger partial charge in [-0.25, -0.2) is 13.8 Å². The third-order valence-corrected chi connectivity index (χ3v) is 4.67. The monoisotopic (exact) mass is 382 g/mol. The molecule has 0 fully saturated rings. The lowest BCUT2D eigenvalue weighted by Gasteiger charge is -2.04. The fourth-order valence-electron chi connectivity index (χ4n) is 2.48. The zero-order valence-corrected chi connectivity index (χ0v) is 14.6. The van der Waals surface area contributed by atoms with Crippen LogP contribution in [0.5, 0.6) is 11.5 Å². The molecule has 1 aromatic heterocycles. The summed E-state index contributed by atoms with van der Waals surface area (Å²) in [4.78, 5) is 16.5. The van der Waals surface area contributed by atoms with Crippen molar-refractivity contribution in [1.29, 1.82) is 0 Å². The number of para-hydroxylation sites is 1. The van der Waals surface area contributed by atoms with Crippen LogP contribution < -0.4 is 10.1 Å². The standard InChI is InChI=1S/C20H12F2N2O2S/c21-12-6-8-15(16(22)10-12)19(25)24-20-23-17-9-7-14(11-18(17)27-20)26-13-4-2-1-3-5-13/h1-11H,(H,23,24,25). The number of nitrogens with zero attached hydrogens (tertiary/aromatic N) is 1. The van der Waals surface area contributed by atoms with E-state index in [9.17, 15) is 13.6 Å². The summed E-state index contributed by atoms with van der Waals surface area (Å²) in [5.74, 6) is -1.00. The van der Waals surface area contributed by atoms with E-state index in [4.69, 9.17) is 4.74 Å². The molecule has 4 rings (SSSR count). The molecule has 0 bridgehead atoms. The summed E-state index contributed by atoms with van der Waals surface area (Å²) >= 11 is 1.23. The average Bonchev–Trinajstić information content (AvgIpc) is 3.04. The number of aromatic nitrogens is 1. The molecule has 4 nitrogen and oxygen atoms in total. The second kappa shape index (κ2) is 7.13. The molecule has 0 spiro atoms. The maximum Gasteiger partial charge on any atom is 0.260 e. The number of halogens is 2. The molecule has 0 radical (unpaired) electrons. The van der Waals surface area contributed by atoms with Crippen molar-refractivity contribution >= 4 is 32.6 Å². The molecule has 7 heteroatoms. The van der Waals surface area contributed by atoms with Crippen LogP contribution >= 0.6 is 11.3 Å². The first-order chi connectivity index (χ1) is 13.1. The lowest BCUT2D eigenvalue weighted by atomic mass is 10.2. The summed E-state index contributed by atoms with van der Waals surface area (Å²) < 4.78 is 33.3. The number of hydrogen-bond donors (Lipinski definition) is 1. The van der Waals surface area contributed by atoms with Crippen molar-refractivity contribution in [2.24, 2.45) is 0 Å². The van der Waals surface area contributed by atoms with Crippen molar-refractivity contribution < 1.29 is 18.3 Å². The van der Waals surface area contributed by atoms with Crippen LogP contribution in [0.2, 0.25) is 0 Å². The molecular weight excluding hydrogens is 370 g/mol. The van der Waals surface area contributed by atoms with Crippen LogP contribution in [0, 0.1) is 11.6 Å². The number of nitrogens with one attached hydrogen (secondary N) is 1. The Bertz CT molecular complexity index is 1130. The van der Waals surface area contributed by atoms with E-state index in [2.05, 4.69) is 10.3 Å². The van der Waals surface area contributed by atoms with Gasteiger partial charge in [0.1, 0.15) is 23.1 Å². The fraction of sp³-hybridized carbons (Fsp3) is 0. The van der Waals surface area contributed by atoms with Gasteiger partial charge in [-0.3, -0.25) is 10.1 Å². The van der Waals surface area contributed by atoms with Crippen LogP contribution in [-0.4, -0.2) is 10.9 Å². The molecule has 0 atom stereocenters. The number of anilines is 1. The molecule has 0 saturated heterocycles. The molecular formula is C20H12F2N2O2S. The number of amides is 1. The Morgan fingerprint density at radius 2 is 1.78 bits per heavy atom. The van der Waals surface area contributed by atoms with Gasteiger partial charge in [-0.05, 0) is 36.4 Å². The van der Waals surface area contributed by atoms with E-state index in [0.717, 1.165) is 16.8 Å². The van der Waals surface area contributed by atoms with Crippen molar-refractivity contribution in [3.8, 4) is 11.5 Å². The zero-order chi connectivity index (χ0) is 18.8. The predicted octanol–water partition coefficient (Wildman–Crippen LogP) is 5.62. The Morgan fingerprint density at radius 3 is 2.56 bits per heavy atom.